The van der Waals surface area contributed by atoms with Crippen molar-refractivity contribution in [2.75, 3.05) is 13.1 Å². The molecule has 2 heterocycles. The lowest BCUT2D eigenvalue weighted by Crippen LogP contribution is -2.35. The van der Waals surface area contributed by atoms with Gasteiger partial charge < -0.3 is 14.8 Å². The molecular weight excluding hydrogens is 284 g/mol. The molecule has 0 spiro atoms. The second kappa shape index (κ2) is 7.45. The lowest BCUT2D eigenvalue weighted by molar-refractivity contribution is -0.137. The summed E-state index contributed by atoms with van der Waals surface area (Å²) in [5.41, 5.74) is 0.455. The van der Waals surface area contributed by atoms with Crippen molar-refractivity contribution in [2.45, 2.75) is 45.7 Å². The molecule has 2 N–H and O–H groups in total. The molecule has 1 fully saturated rings. The van der Waals surface area contributed by atoms with Crippen LogP contribution in [0.5, 0.6) is 5.75 Å². The Balaban J connectivity index is 2.11. The highest BCUT2D eigenvalue weighted by Gasteiger charge is 2.18. The third-order valence-electron chi connectivity index (χ3n) is 4.11. The van der Waals surface area contributed by atoms with E-state index in [1.165, 1.54) is 18.7 Å². The molecule has 1 aliphatic heterocycles. The molecule has 0 aromatic carbocycles. The second-order valence-corrected chi connectivity index (χ2v) is 6.19. The number of aliphatic carboxylic acids is 1. The SMILES string of the molecule is CC1CCCN(Cc2cc(=O)c(O)cn2CCCC(=O)O)C1. The van der Waals surface area contributed by atoms with E-state index in [1.54, 1.807) is 4.57 Å². The Kier molecular flexibility index (Phi) is 5.60. The van der Waals surface area contributed by atoms with E-state index < -0.39 is 5.97 Å². The molecule has 1 aromatic rings. The molecule has 6 nitrogen and oxygen atoms in total. The lowest BCUT2D eigenvalue weighted by atomic mass is 10.0. The second-order valence-electron chi connectivity index (χ2n) is 6.19. The van der Waals surface area contributed by atoms with E-state index in [1.807, 2.05) is 0 Å². The Morgan fingerprint density at radius 2 is 2.23 bits per heavy atom. The van der Waals surface area contributed by atoms with Crippen LogP contribution in [0, 0.1) is 5.92 Å². The molecule has 1 saturated heterocycles. The standard InChI is InChI=1S/C16H24N2O4/c1-12-4-2-6-17(9-12)10-13-8-14(19)15(20)11-18(13)7-3-5-16(21)22/h8,11-12,20H,2-7,9-10H2,1H3,(H,21,22). The molecule has 0 saturated carbocycles. The maximum atomic E-state index is 11.7. The summed E-state index contributed by atoms with van der Waals surface area (Å²) in [6, 6.07) is 1.47. The van der Waals surface area contributed by atoms with Gasteiger partial charge in [-0.1, -0.05) is 6.92 Å². The number of hydrogen-bond acceptors (Lipinski definition) is 4. The Morgan fingerprint density at radius 3 is 2.91 bits per heavy atom. The van der Waals surface area contributed by atoms with Crippen molar-refractivity contribution < 1.29 is 15.0 Å². The minimum atomic E-state index is -0.836. The normalized spacial score (nSPS) is 19.2. The fourth-order valence-corrected chi connectivity index (χ4v) is 3.01. The molecule has 2 rings (SSSR count). The van der Waals surface area contributed by atoms with Gasteiger partial charge in [-0.2, -0.15) is 0 Å². The fraction of sp³-hybridized carbons (Fsp3) is 0.625. The van der Waals surface area contributed by atoms with Crippen molar-refractivity contribution in [3.63, 3.8) is 0 Å². The number of aromatic hydroxyl groups is 1. The molecule has 0 radical (unpaired) electrons. The van der Waals surface area contributed by atoms with Crippen LogP contribution in [0.25, 0.3) is 0 Å². The van der Waals surface area contributed by atoms with Gasteiger partial charge in [0, 0.05) is 37.8 Å². The number of aromatic nitrogens is 1. The summed E-state index contributed by atoms with van der Waals surface area (Å²) in [5.74, 6) is -0.471. The van der Waals surface area contributed by atoms with E-state index >= 15 is 0 Å². The first-order chi connectivity index (χ1) is 10.5. The van der Waals surface area contributed by atoms with Gasteiger partial charge in [0.1, 0.15) is 0 Å². The molecule has 0 bridgehead atoms. The number of carboxylic acids is 1. The van der Waals surface area contributed by atoms with Crippen LogP contribution in [0.2, 0.25) is 0 Å². The maximum absolute atomic E-state index is 11.7. The predicted molar refractivity (Wildman–Crippen MR) is 82.9 cm³/mol. The first-order valence-electron chi connectivity index (χ1n) is 7.82. The number of carbonyl (C=O) groups is 1. The molecule has 22 heavy (non-hydrogen) atoms. The van der Waals surface area contributed by atoms with Crippen molar-refractivity contribution in [2.24, 2.45) is 5.92 Å². The molecule has 122 valence electrons. The summed E-state index contributed by atoms with van der Waals surface area (Å²) in [4.78, 5) is 24.6. The highest BCUT2D eigenvalue weighted by atomic mass is 16.4. The number of piperidine rings is 1. The fourth-order valence-electron chi connectivity index (χ4n) is 3.01. The van der Waals surface area contributed by atoms with Gasteiger partial charge in [0.2, 0.25) is 5.43 Å². The zero-order valence-electron chi connectivity index (χ0n) is 13.0. The Hall–Kier alpha value is -1.82. The van der Waals surface area contributed by atoms with Crippen molar-refractivity contribution >= 4 is 5.97 Å². The van der Waals surface area contributed by atoms with E-state index in [2.05, 4.69) is 11.8 Å². The molecule has 1 aliphatic rings. The quantitative estimate of drug-likeness (QED) is 0.835. The van der Waals surface area contributed by atoms with Crippen LogP contribution in [0.3, 0.4) is 0 Å². The number of carboxylic acid groups (broad SMARTS) is 1. The number of nitrogens with zero attached hydrogens (tertiary/aromatic N) is 2. The molecule has 1 unspecified atom stereocenters. The molecule has 1 aromatic heterocycles. The zero-order valence-corrected chi connectivity index (χ0v) is 13.0. The molecule has 0 aliphatic carbocycles. The summed E-state index contributed by atoms with van der Waals surface area (Å²) < 4.78 is 1.80. The van der Waals surface area contributed by atoms with E-state index in [0.717, 1.165) is 25.2 Å². The van der Waals surface area contributed by atoms with Gasteiger partial charge in [-0.15, -0.1) is 0 Å². The highest BCUT2D eigenvalue weighted by molar-refractivity contribution is 5.66. The smallest absolute Gasteiger partial charge is 0.303 e. The topological polar surface area (TPSA) is 82.8 Å². The monoisotopic (exact) mass is 308 g/mol. The molecule has 6 heteroatoms. The van der Waals surface area contributed by atoms with E-state index in [4.69, 9.17) is 5.11 Å². The van der Waals surface area contributed by atoms with Gasteiger partial charge in [0.15, 0.2) is 5.75 Å². The van der Waals surface area contributed by atoms with E-state index in [9.17, 15) is 14.7 Å². The van der Waals surface area contributed by atoms with Gasteiger partial charge >= 0.3 is 5.97 Å². The summed E-state index contributed by atoms with van der Waals surface area (Å²) in [6.45, 7) is 5.38. The predicted octanol–water partition coefficient (Wildman–Crippen LogP) is 1.65. The van der Waals surface area contributed by atoms with Crippen LogP contribution in [-0.2, 0) is 17.9 Å². The van der Waals surface area contributed by atoms with Crippen molar-refractivity contribution in [3.05, 3.63) is 28.2 Å². The largest absolute Gasteiger partial charge is 0.503 e. The van der Waals surface area contributed by atoms with Crippen molar-refractivity contribution in [1.29, 1.82) is 0 Å². The van der Waals surface area contributed by atoms with Crippen molar-refractivity contribution in [3.8, 4) is 5.75 Å². The van der Waals surface area contributed by atoms with Crippen LogP contribution in [0.15, 0.2) is 17.1 Å². The van der Waals surface area contributed by atoms with Gasteiger partial charge in [-0.25, -0.2) is 0 Å². The third kappa shape index (κ3) is 4.59. The zero-order chi connectivity index (χ0) is 16.1. The molecule has 1 atom stereocenters. The van der Waals surface area contributed by atoms with Gasteiger partial charge in [-0.3, -0.25) is 14.5 Å². The first-order valence-corrected chi connectivity index (χ1v) is 7.82. The van der Waals surface area contributed by atoms with Crippen LogP contribution in [0.1, 0.15) is 38.3 Å². The molecular formula is C16H24N2O4. The van der Waals surface area contributed by atoms with E-state index in [-0.39, 0.29) is 17.6 Å². The van der Waals surface area contributed by atoms with E-state index in [0.29, 0.717) is 25.4 Å². The summed E-state index contributed by atoms with van der Waals surface area (Å²) in [7, 11) is 0. The lowest BCUT2D eigenvalue weighted by Gasteiger charge is -2.31. The number of likely N-dealkylation sites (tertiary alicyclic amines) is 1. The Bertz CT molecular complexity index is 582. The van der Waals surface area contributed by atoms with Gasteiger partial charge in [0.25, 0.3) is 0 Å². The summed E-state index contributed by atoms with van der Waals surface area (Å²) in [5, 5.41) is 18.4. The van der Waals surface area contributed by atoms with Crippen LogP contribution in [-0.4, -0.2) is 38.7 Å². The van der Waals surface area contributed by atoms with Crippen molar-refractivity contribution in [1.82, 2.24) is 9.47 Å². The number of aryl methyl sites for hydroxylation is 1. The average Bonchev–Trinajstić information content (AvgIpc) is 2.43. The summed E-state index contributed by atoms with van der Waals surface area (Å²) >= 11 is 0. The first kappa shape index (κ1) is 16.5. The van der Waals surface area contributed by atoms with Gasteiger partial charge in [0.05, 0.1) is 6.20 Å². The average molecular weight is 308 g/mol. The van der Waals surface area contributed by atoms with Crippen LogP contribution in [0.4, 0.5) is 0 Å². The van der Waals surface area contributed by atoms with Gasteiger partial charge in [-0.05, 0) is 31.7 Å². The Labute approximate surface area is 130 Å². The number of rotatable bonds is 6. The number of hydrogen-bond donors (Lipinski definition) is 2. The minimum Gasteiger partial charge on any atom is -0.503 e. The third-order valence-corrected chi connectivity index (χ3v) is 4.11. The number of pyridine rings is 1. The summed E-state index contributed by atoms with van der Waals surface area (Å²) in [6.07, 6.45) is 4.36. The molecule has 0 amide bonds. The Morgan fingerprint density at radius 1 is 1.45 bits per heavy atom. The van der Waals surface area contributed by atoms with Crippen LogP contribution >= 0.6 is 0 Å². The maximum Gasteiger partial charge on any atom is 0.303 e. The minimum absolute atomic E-state index is 0.0765. The van der Waals surface area contributed by atoms with Crippen LogP contribution < -0.4 is 5.43 Å². The highest BCUT2D eigenvalue weighted by Crippen LogP contribution is 2.18.